The van der Waals surface area contributed by atoms with Gasteiger partial charge in [-0.15, -0.1) is 0 Å². The molecule has 0 unspecified atom stereocenters. The van der Waals surface area contributed by atoms with Crippen LogP contribution in [-0.2, 0) is 4.74 Å². The molecule has 1 aliphatic heterocycles. The zero-order valence-electron chi connectivity index (χ0n) is 11.8. The maximum Gasteiger partial charge on any atom is 0.257 e. The van der Waals surface area contributed by atoms with Crippen molar-refractivity contribution in [2.45, 2.75) is 33.0 Å². The number of aryl methyl sites for hydroxylation is 1. The molecule has 1 saturated heterocycles. The molecule has 1 fully saturated rings. The minimum Gasteiger partial charge on any atom is -0.372 e. The minimum atomic E-state index is -0.0259. The number of fused-ring (bicyclic) bond motifs is 1. The highest BCUT2D eigenvalue weighted by Gasteiger charge is 2.27. The number of hydrogen-bond donors (Lipinski definition) is 0. The molecule has 0 aromatic carbocycles. The number of nitrogens with zero attached hydrogens (tertiary/aromatic N) is 3. The van der Waals surface area contributed by atoms with Crippen LogP contribution in [0.15, 0.2) is 16.8 Å². The van der Waals surface area contributed by atoms with Crippen molar-refractivity contribution < 1.29 is 14.1 Å². The summed E-state index contributed by atoms with van der Waals surface area (Å²) in [6.07, 6.45) is 1.65. The van der Waals surface area contributed by atoms with Crippen LogP contribution in [0.4, 0.5) is 0 Å². The van der Waals surface area contributed by atoms with E-state index < -0.39 is 0 Å². The van der Waals surface area contributed by atoms with E-state index in [0.717, 1.165) is 11.1 Å². The molecule has 0 saturated carbocycles. The van der Waals surface area contributed by atoms with Crippen LogP contribution in [-0.4, -0.2) is 46.2 Å². The van der Waals surface area contributed by atoms with Gasteiger partial charge >= 0.3 is 0 Å². The Hall–Kier alpha value is -1.95. The van der Waals surface area contributed by atoms with Crippen LogP contribution in [0, 0.1) is 6.92 Å². The molecule has 2 aromatic heterocycles. The predicted octanol–water partition coefficient (Wildman–Crippen LogP) is 1.78. The van der Waals surface area contributed by atoms with Gasteiger partial charge in [0, 0.05) is 19.3 Å². The van der Waals surface area contributed by atoms with Crippen molar-refractivity contribution in [3.05, 3.63) is 23.5 Å². The smallest absolute Gasteiger partial charge is 0.257 e. The van der Waals surface area contributed by atoms with Gasteiger partial charge < -0.3 is 14.2 Å². The second kappa shape index (κ2) is 4.86. The molecule has 1 aliphatic rings. The fraction of sp³-hybridized carbons (Fsp3) is 0.500. The zero-order valence-corrected chi connectivity index (χ0v) is 11.8. The third-order valence-electron chi connectivity index (χ3n) is 3.46. The van der Waals surface area contributed by atoms with Crippen molar-refractivity contribution in [3.63, 3.8) is 0 Å². The summed E-state index contributed by atoms with van der Waals surface area (Å²) >= 11 is 0. The van der Waals surface area contributed by atoms with E-state index in [2.05, 4.69) is 10.1 Å². The molecule has 20 heavy (non-hydrogen) atoms. The van der Waals surface area contributed by atoms with Crippen molar-refractivity contribution >= 4 is 17.0 Å². The first-order chi connectivity index (χ1) is 9.54. The number of aromatic nitrogens is 2. The fourth-order valence-corrected chi connectivity index (χ4v) is 2.59. The molecule has 0 spiro atoms. The Morgan fingerprint density at radius 2 is 2.05 bits per heavy atom. The average molecular weight is 275 g/mol. The lowest BCUT2D eigenvalue weighted by Crippen LogP contribution is -2.48. The summed E-state index contributed by atoms with van der Waals surface area (Å²) in [5.74, 6) is -0.0259. The number of carbonyl (C=O) groups is 1. The van der Waals surface area contributed by atoms with Crippen LogP contribution < -0.4 is 0 Å². The highest BCUT2D eigenvalue weighted by Crippen LogP contribution is 2.19. The van der Waals surface area contributed by atoms with E-state index >= 15 is 0 Å². The van der Waals surface area contributed by atoms with Gasteiger partial charge in [-0.3, -0.25) is 4.79 Å². The standard InChI is InChI=1S/C14H17N3O3/c1-8-6-17(7-9(2)19-8)14(18)11-4-12-10(3)16-20-13(12)15-5-11/h4-5,8-9H,6-7H2,1-3H3/t8-,9-/m0/s1. The van der Waals surface area contributed by atoms with Gasteiger partial charge in [-0.25, -0.2) is 4.98 Å². The first-order valence-electron chi connectivity index (χ1n) is 6.71. The average Bonchev–Trinajstić information content (AvgIpc) is 2.78. The van der Waals surface area contributed by atoms with Crippen LogP contribution >= 0.6 is 0 Å². The number of pyridine rings is 1. The molecule has 106 valence electrons. The number of carbonyl (C=O) groups excluding carboxylic acids is 1. The third-order valence-corrected chi connectivity index (χ3v) is 3.46. The van der Waals surface area contributed by atoms with E-state index in [-0.39, 0.29) is 18.1 Å². The fourth-order valence-electron chi connectivity index (χ4n) is 2.59. The quantitative estimate of drug-likeness (QED) is 0.793. The summed E-state index contributed by atoms with van der Waals surface area (Å²) in [4.78, 5) is 18.5. The Labute approximate surface area is 116 Å². The summed E-state index contributed by atoms with van der Waals surface area (Å²) in [5.41, 5.74) is 1.76. The number of hydrogen-bond acceptors (Lipinski definition) is 5. The van der Waals surface area contributed by atoms with Crippen molar-refractivity contribution in [1.29, 1.82) is 0 Å². The van der Waals surface area contributed by atoms with Gasteiger partial charge in [-0.2, -0.15) is 0 Å². The molecule has 0 N–H and O–H groups in total. The lowest BCUT2D eigenvalue weighted by atomic mass is 10.1. The number of rotatable bonds is 1. The molecule has 2 aromatic rings. The van der Waals surface area contributed by atoms with Crippen LogP contribution in [0.3, 0.4) is 0 Å². The van der Waals surface area contributed by atoms with Gasteiger partial charge in [0.05, 0.1) is 28.9 Å². The van der Waals surface area contributed by atoms with Crippen LogP contribution in [0.25, 0.3) is 11.1 Å². The Morgan fingerprint density at radius 1 is 1.35 bits per heavy atom. The summed E-state index contributed by atoms with van der Waals surface area (Å²) < 4.78 is 10.7. The van der Waals surface area contributed by atoms with Gasteiger partial charge in [0.1, 0.15) is 0 Å². The van der Waals surface area contributed by atoms with Crippen LogP contribution in [0.2, 0.25) is 0 Å². The van der Waals surface area contributed by atoms with E-state index in [1.807, 2.05) is 25.7 Å². The molecule has 1 amide bonds. The number of morpholine rings is 1. The maximum absolute atomic E-state index is 12.5. The summed E-state index contributed by atoms with van der Waals surface area (Å²) in [7, 11) is 0. The van der Waals surface area contributed by atoms with Gasteiger partial charge in [0.15, 0.2) is 0 Å². The zero-order chi connectivity index (χ0) is 14.3. The Balaban J connectivity index is 1.89. The number of ether oxygens (including phenoxy) is 1. The van der Waals surface area contributed by atoms with Crippen LogP contribution in [0.1, 0.15) is 29.9 Å². The van der Waals surface area contributed by atoms with E-state index in [0.29, 0.717) is 24.4 Å². The first kappa shape index (κ1) is 13.1. The Bertz CT molecular complexity index is 642. The highest BCUT2D eigenvalue weighted by atomic mass is 16.5. The van der Waals surface area contributed by atoms with Gasteiger partial charge in [-0.1, -0.05) is 5.16 Å². The molecule has 0 bridgehead atoms. The predicted molar refractivity (Wildman–Crippen MR) is 72.5 cm³/mol. The first-order valence-corrected chi connectivity index (χ1v) is 6.71. The monoisotopic (exact) mass is 275 g/mol. The Kier molecular flexibility index (Phi) is 3.17. The van der Waals surface area contributed by atoms with Gasteiger partial charge in [0.25, 0.3) is 11.6 Å². The molecule has 3 heterocycles. The molecule has 0 radical (unpaired) electrons. The van der Waals surface area contributed by atoms with E-state index in [1.165, 1.54) is 0 Å². The van der Waals surface area contributed by atoms with E-state index in [9.17, 15) is 4.79 Å². The minimum absolute atomic E-state index is 0.0259. The Morgan fingerprint density at radius 3 is 2.75 bits per heavy atom. The lowest BCUT2D eigenvalue weighted by molar-refractivity contribution is -0.0586. The largest absolute Gasteiger partial charge is 0.372 e. The SMILES string of the molecule is Cc1noc2ncc(C(=O)N3C[C@H](C)O[C@@H](C)C3)cc12. The van der Waals surface area contributed by atoms with Gasteiger partial charge in [-0.05, 0) is 26.8 Å². The number of amides is 1. The summed E-state index contributed by atoms with van der Waals surface area (Å²) in [5, 5.41) is 4.63. The molecule has 6 nitrogen and oxygen atoms in total. The topological polar surface area (TPSA) is 68.5 Å². The van der Waals surface area contributed by atoms with Crippen molar-refractivity contribution in [2.75, 3.05) is 13.1 Å². The summed E-state index contributed by atoms with van der Waals surface area (Å²) in [6, 6.07) is 1.79. The van der Waals surface area contributed by atoms with E-state index in [4.69, 9.17) is 9.26 Å². The second-order valence-electron chi connectivity index (χ2n) is 5.31. The van der Waals surface area contributed by atoms with Crippen molar-refractivity contribution in [3.8, 4) is 0 Å². The van der Waals surface area contributed by atoms with Crippen LogP contribution in [0.5, 0.6) is 0 Å². The molecule has 3 rings (SSSR count). The normalized spacial score (nSPS) is 23.2. The van der Waals surface area contributed by atoms with Crippen molar-refractivity contribution in [1.82, 2.24) is 15.0 Å². The molecule has 6 heteroatoms. The molecule has 0 aliphatic carbocycles. The summed E-state index contributed by atoms with van der Waals surface area (Å²) in [6.45, 7) is 6.98. The molecule has 2 atom stereocenters. The third kappa shape index (κ3) is 2.27. The maximum atomic E-state index is 12.5. The lowest BCUT2D eigenvalue weighted by Gasteiger charge is -2.35. The van der Waals surface area contributed by atoms with Gasteiger partial charge in [0.2, 0.25) is 0 Å². The van der Waals surface area contributed by atoms with E-state index in [1.54, 1.807) is 12.3 Å². The second-order valence-corrected chi connectivity index (χ2v) is 5.31. The van der Waals surface area contributed by atoms with Crippen molar-refractivity contribution in [2.24, 2.45) is 0 Å². The molecular weight excluding hydrogens is 258 g/mol. The molecular formula is C14H17N3O3. The highest BCUT2D eigenvalue weighted by molar-refractivity contribution is 5.97.